The van der Waals surface area contributed by atoms with Crippen LogP contribution in [0.5, 0.6) is 0 Å². The fraction of sp³-hybridized carbons (Fsp3) is 0.522. The standard InChI is InChI=1S/C23H30N2O/c1-18-5-2-3-6-20(18)17-21-7-4-8-23(24-21)19-9-13-25(14-10-19)22-11-15-26-16-12-22/h2-8,19,22H,9-17H2,1H3. The van der Waals surface area contributed by atoms with Crippen LogP contribution in [0.2, 0.25) is 0 Å². The highest BCUT2D eigenvalue weighted by Crippen LogP contribution is 2.29. The van der Waals surface area contributed by atoms with E-state index in [4.69, 9.17) is 9.72 Å². The molecule has 1 aromatic carbocycles. The summed E-state index contributed by atoms with van der Waals surface area (Å²) in [5.74, 6) is 0.614. The molecule has 2 fully saturated rings. The Bertz CT molecular complexity index is 716. The van der Waals surface area contributed by atoms with E-state index >= 15 is 0 Å². The molecule has 0 radical (unpaired) electrons. The normalized spacial score (nSPS) is 20.3. The molecule has 0 atom stereocenters. The van der Waals surface area contributed by atoms with Gasteiger partial charge in [0.1, 0.15) is 0 Å². The van der Waals surface area contributed by atoms with Gasteiger partial charge >= 0.3 is 0 Å². The molecule has 0 unspecified atom stereocenters. The molecule has 0 spiro atoms. The number of likely N-dealkylation sites (tertiary alicyclic amines) is 1. The van der Waals surface area contributed by atoms with Gasteiger partial charge in [-0.2, -0.15) is 0 Å². The topological polar surface area (TPSA) is 25.4 Å². The van der Waals surface area contributed by atoms with Gasteiger partial charge in [-0.25, -0.2) is 0 Å². The summed E-state index contributed by atoms with van der Waals surface area (Å²) < 4.78 is 5.51. The minimum atomic E-state index is 0.614. The van der Waals surface area contributed by atoms with Gasteiger partial charge in [-0.15, -0.1) is 0 Å². The van der Waals surface area contributed by atoms with Crippen molar-refractivity contribution in [2.24, 2.45) is 0 Å². The van der Waals surface area contributed by atoms with E-state index in [2.05, 4.69) is 54.3 Å². The third kappa shape index (κ3) is 4.16. The van der Waals surface area contributed by atoms with E-state index in [1.807, 2.05) is 0 Å². The zero-order chi connectivity index (χ0) is 17.8. The highest BCUT2D eigenvalue weighted by molar-refractivity contribution is 5.30. The van der Waals surface area contributed by atoms with Crippen LogP contribution in [0.25, 0.3) is 0 Å². The van der Waals surface area contributed by atoms with Crippen LogP contribution in [-0.4, -0.2) is 42.2 Å². The van der Waals surface area contributed by atoms with Crippen molar-refractivity contribution in [3.63, 3.8) is 0 Å². The average molecular weight is 351 g/mol. The maximum absolute atomic E-state index is 5.51. The van der Waals surface area contributed by atoms with Gasteiger partial charge in [-0.05, 0) is 69.0 Å². The van der Waals surface area contributed by atoms with E-state index in [1.54, 1.807) is 0 Å². The minimum Gasteiger partial charge on any atom is -0.381 e. The molecule has 0 N–H and O–H groups in total. The van der Waals surface area contributed by atoms with Gasteiger partial charge in [0.2, 0.25) is 0 Å². The molecule has 138 valence electrons. The SMILES string of the molecule is Cc1ccccc1Cc1cccc(C2CCN(C3CCOCC3)CC2)n1. The number of benzene rings is 1. The monoisotopic (exact) mass is 350 g/mol. The Morgan fingerprint density at radius 3 is 2.50 bits per heavy atom. The lowest BCUT2D eigenvalue weighted by Crippen LogP contribution is -2.43. The Balaban J connectivity index is 1.39. The van der Waals surface area contributed by atoms with E-state index in [-0.39, 0.29) is 0 Å². The van der Waals surface area contributed by atoms with Crippen molar-refractivity contribution >= 4 is 0 Å². The van der Waals surface area contributed by atoms with Crippen LogP contribution in [-0.2, 0) is 11.2 Å². The molecule has 1 aromatic heterocycles. The summed E-state index contributed by atoms with van der Waals surface area (Å²) in [6.07, 6.45) is 5.81. The number of hydrogen-bond acceptors (Lipinski definition) is 3. The molecule has 0 amide bonds. The fourth-order valence-corrected chi connectivity index (χ4v) is 4.44. The van der Waals surface area contributed by atoms with Crippen molar-refractivity contribution in [1.29, 1.82) is 0 Å². The summed E-state index contributed by atoms with van der Waals surface area (Å²) in [4.78, 5) is 7.72. The van der Waals surface area contributed by atoms with Gasteiger partial charge in [0.05, 0.1) is 0 Å². The molecule has 4 rings (SSSR count). The van der Waals surface area contributed by atoms with Crippen LogP contribution in [0.15, 0.2) is 42.5 Å². The van der Waals surface area contributed by atoms with Crippen molar-refractivity contribution in [3.8, 4) is 0 Å². The highest BCUT2D eigenvalue weighted by Gasteiger charge is 2.27. The quantitative estimate of drug-likeness (QED) is 0.820. The Labute approximate surface area is 157 Å². The molecule has 0 aliphatic carbocycles. The Morgan fingerprint density at radius 2 is 1.73 bits per heavy atom. The average Bonchev–Trinajstić information content (AvgIpc) is 2.71. The molecule has 0 bridgehead atoms. The van der Waals surface area contributed by atoms with E-state index < -0.39 is 0 Å². The number of aryl methyl sites for hydroxylation is 1. The first-order valence-corrected chi connectivity index (χ1v) is 10.1. The van der Waals surface area contributed by atoms with Crippen LogP contribution < -0.4 is 0 Å². The van der Waals surface area contributed by atoms with Gasteiger partial charge in [0.25, 0.3) is 0 Å². The fourth-order valence-electron chi connectivity index (χ4n) is 4.44. The molecule has 3 nitrogen and oxygen atoms in total. The van der Waals surface area contributed by atoms with E-state index in [0.29, 0.717) is 5.92 Å². The van der Waals surface area contributed by atoms with Crippen LogP contribution in [0.1, 0.15) is 54.1 Å². The Morgan fingerprint density at radius 1 is 0.962 bits per heavy atom. The minimum absolute atomic E-state index is 0.614. The van der Waals surface area contributed by atoms with Crippen molar-refractivity contribution in [2.45, 2.75) is 51.0 Å². The van der Waals surface area contributed by atoms with Crippen LogP contribution in [0.3, 0.4) is 0 Å². The Hall–Kier alpha value is -1.71. The van der Waals surface area contributed by atoms with Gasteiger partial charge in [0.15, 0.2) is 0 Å². The predicted molar refractivity (Wildman–Crippen MR) is 106 cm³/mol. The maximum Gasteiger partial charge on any atom is 0.0480 e. The summed E-state index contributed by atoms with van der Waals surface area (Å²) >= 11 is 0. The molecule has 3 heteroatoms. The first-order chi connectivity index (χ1) is 12.8. The molecule has 3 heterocycles. The molecule has 26 heavy (non-hydrogen) atoms. The van der Waals surface area contributed by atoms with Crippen molar-refractivity contribution < 1.29 is 4.74 Å². The van der Waals surface area contributed by atoms with E-state index in [0.717, 1.165) is 25.7 Å². The lowest BCUT2D eigenvalue weighted by atomic mass is 9.91. The van der Waals surface area contributed by atoms with Crippen LogP contribution in [0.4, 0.5) is 0 Å². The summed E-state index contributed by atoms with van der Waals surface area (Å²) in [7, 11) is 0. The van der Waals surface area contributed by atoms with Gasteiger partial charge < -0.3 is 9.64 Å². The zero-order valence-corrected chi connectivity index (χ0v) is 15.9. The number of pyridine rings is 1. The zero-order valence-electron chi connectivity index (χ0n) is 15.9. The van der Waals surface area contributed by atoms with Gasteiger partial charge in [-0.1, -0.05) is 30.3 Å². The lowest BCUT2D eigenvalue weighted by Gasteiger charge is -2.39. The summed E-state index contributed by atoms with van der Waals surface area (Å²) in [6, 6.07) is 16.0. The van der Waals surface area contributed by atoms with Gasteiger partial charge in [-0.3, -0.25) is 4.98 Å². The first-order valence-electron chi connectivity index (χ1n) is 10.1. The summed E-state index contributed by atoms with van der Waals surface area (Å²) in [5.41, 5.74) is 5.22. The largest absolute Gasteiger partial charge is 0.381 e. The van der Waals surface area contributed by atoms with Crippen LogP contribution in [0, 0.1) is 6.92 Å². The maximum atomic E-state index is 5.51. The third-order valence-corrected chi connectivity index (χ3v) is 6.12. The van der Waals surface area contributed by atoms with Gasteiger partial charge in [0, 0.05) is 43.0 Å². The molecule has 2 saturated heterocycles. The molecular weight excluding hydrogens is 320 g/mol. The molecule has 2 aliphatic heterocycles. The number of ether oxygens (including phenoxy) is 1. The number of rotatable bonds is 4. The predicted octanol–water partition coefficient (Wildman–Crippen LogP) is 4.34. The second kappa shape index (κ2) is 8.32. The summed E-state index contributed by atoms with van der Waals surface area (Å²) in [5, 5.41) is 0. The molecule has 2 aromatic rings. The number of hydrogen-bond donors (Lipinski definition) is 0. The first kappa shape index (κ1) is 17.7. The Kier molecular flexibility index (Phi) is 5.66. The van der Waals surface area contributed by atoms with Crippen molar-refractivity contribution in [1.82, 2.24) is 9.88 Å². The second-order valence-electron chi connectivity index (χ2n) is 7.81. The van der Waals surface area contributed by atoms with Crippen molar-refractivity contribution in [3.05, 3.63) is 65.0 Å². The second-order valence-corrected chi connectivity index (χ2v) is 7.81. The van der Waals surface area contributed by atoms with E-state index in [9.17, 15) is 0 Å². The van der Waals surface area contributed by atoms with E-state index in [1.165, 1.54) is 61.3 Å². The molecular formula is C23H30N2O. The van der Waals surface area contributed by atoms with Crippen molar-refractivity contribution in [2.75, 3.05) is 26.3 Å². The van der Waals surface area contributed by atoms with Crippen LogP contribution >= 0.6 is 0 Å². The molecule has 2 aliphatic rings. The number of piperidine rings is 1. The number of aromatic nitrogens is 1. The highest BCUT2D eigenvalue weighted by atomic mass is 16.5. The molecule has 0 saturated carbocycles. The number of nitrogens with zero attached hydrogens (tertiary/aromatic N) is 2. The smallest absolute Gasteiger partial charge is 0.0480 e. The summed E-state index contributed by atoms with van der Waals surface area (Å²) in [6.45, 7) is 6.48. The third-order valence-electron chi connectivity index (χ3n) is 6.12. The lowest BCUT2D eigenvalue weighted by molar-refractivity contribution is 0.0250.